The van der Waals surface area contributed by atoms with E-state index in [1.54, 1.807) is 0 Å². The molecule has 2 aromatic carbocycles. The molecule has 0 radical (unpaired) electrons. The molecule has 6 heteroatoms. The predicted octanol–water partition coefficient (Wildman–Crippen LogP) is 5.29. The highest BCUT2D eigenvalue weighted by molar-refractivity contribution is 5.84. The Balaban J connectivity index is 1.21. The molecule has 1 aromatic heterocycles. The van der Waals surface area contributed by atoms with Crippen LogP contribution in [0.4, 0.5) is 0 Å². The van der Waals surface area contributed by atoms with Gasteiger partial charge in [-0.25, -0.2) is 0 Å². The summed E-state index contributed by atoms with van der Waals surface area (Å²) in [5, 5.41) is 5.64. The second-order valence-corrected chi connectivity index (χ2v) is 10.5. The van der Waals surface area contributed by atoms with Crippen LogP contribution in [-0.2, 0) is 24.3 Å². The van der Waals surface area contributed by atoms with Gasteiger partial charge in [0.2, 0.25) is 0 Å². The Labute approximate surface area is 209 Å². The van der Waals surface area contributed by atoms with E-state index in [1.165, 1.54) is 45.2 Å². The summed E-state index contributed by atoms with van der Waals surface area (Å²) in [4.78, 5) is 4.75. The lowest BCUT2D eigenvalue weighted by Gasteiger charge is -2.33. The number of rotatable bonds is 10. The third kappa shape index (κ3) is 6.24. The molecule has 3 heterocycles. The fraction of sp³-hybridized carbons (Fsp3) is 0.552. The number of nitrogens with zero attached hydrogens (tertiary/aromatic N) is 3. The molecule has 188 valence electrons. The van der Waals surface area contributed by atoms with E-state index in [1.807, 2.05) is 18.2 Å². The summed E-state index contributed by atoms with van der Waals surface area (Å²) < 4.78 is 18.0. The lowest BCUT2D eigenvalue weighted by atomic mass is 9.91. The molecule has 0 N–H and O–H groups in total. The molecule has 5 rings (SSSR count). The van der Waals surface area contributed by atoms with Gasteiger partial charge in [-0.3, -0.25) is 0 Å². The van der Waals surface area contributed by atoms with E-state index < -0.39 is 0 Å². The Bertz CT molecular complexity index is 1070. The highest BCUT2D eigenvalue weighted by atomic mass is 16.5. The van der Waals surface area contributed by atoms with Gasteiger partial charge in [0, 0.05) is 25.1 Å². The first-order valence-corrected chi connectivity index (χ1v) is 13.2. The third-order valence-electron chi connectivity index (χ3n) is 7.47. The van der Waals surface area contributed by atoms with Gasteiger partial charge in [0.05, 0.1) is 17.4 Å². The maximum atomic E-state index is 6.23. The van der Waals surface area contributed by atoms with Gasteiger partial charge in [-0.05, 0) is 89.3 Å². The minimum atomic E-state index is 0.464. The Morgan fingerprint density at radius 2 is 1.89 bits per heavy atom. The Morgan fingerprint density at radius 1 is 1.06 bits per heavy atom. The van der Waals surface area contributed by atoms with Crippen LogP contribution >= 0.6 is 0 Å². The Kier molecular flexibility index (Phi) is 8.02. The number of aromatic nitrogens is 1. The Morgan fingerprint density at radius 3 is 2.63 bits per heavy atom. The van der Waals surface area contributed by atoms with Crippen LogP contribution in [0, 0.1) is 5.92 Å². The second kappa shape index (κ2) is 11.5. The number of piperidine rings is 1. The van der Waals surface area contributed by atoms with Gasteiger partial charge in [0.25, 0.3) is 0 Å². The number of likely N-dealkylation sites (tertiary alicyclic amines) is 1. The standard InChI is InChI=1S/C29H39N3O3/c1-31(2)20-26-28(34-21-23-7-4-3-5-8-23)13-11-25-27(30-35-29(25)26)12-10-22-14-16-32(17-15-22)19-24-9-6-18-33-24/h3-5,7-8,11,13,22,24H,6,9-10,12,14-21H2,1-2H3. The van der Waals surface area contributed by atoms with Crippen LogP contribution < -0.4 is 4.74 Å². The zero-order valence-corrected chi connectivity index (χ0v) is 21.2. The molecule has 2 aliphatic rings. The van der Waals surface area contributed by atoms with Crippen molar-refractivity contribution in [3.63, 3.8) is 0 Å². The number of fused-ring (bicyclic) bond motifs is 1. The van der Waals surface area contributed by atoms with Crippen LogP contribution in [0.3, 0.4) is 0 Å². The zero-order chi connectivity index (χ0) is 24.0. The van der Waals surface area contributed by atoms with E-state index >= 15 is 0 Å². The van der Waals surface area contributed by atoms with Gasteiger partial charge in [0.1, 0.15) is 12.4 Å². The second-order valence-electron chi connectivity index (χ2n) is 10.5. The Hall–Kier alpha value is -2.41. The van der Waals surface area contributed by atoms with Crippen LogP contribution in [-0.4, -0.2) is 61.4 Å². The molecule has 3 aromatic rings. The van der Waals surface area contributed by atoms with Gasteiger partial charge in [-0.1, -0.05) is 35.5 Å². The molecule has 0 saturated carbocycles. The van der Waals surface area contributed by atoms with E-state index in [-0.39, 0.29) is 0 Å². The number of hydrogen-bond acceptors (Lipinski definition) is 6. The molecule has 2 fully saturated rings. The van der Waals surface area contributed by atoms with Crippen molar-refractivity contribution in [1.29, 1.82) is 0 Å². The maximum Gasteiger partial charge on any atom is 0.175 e. The van der Waals surface area contributed by atoms with Crippen molar-refractivity contribution in [2.45, 2.75) is 57.8 Å². The SMILES string of the molecule is CN(C)Cc1c(OCc2ccccc2)ccc2c(CCC3CCN(CC4CCCO4)CC3)noc12. The lowest BCUT2D eigenvalue weighted by molar-refractivity contribution is 0.0591. The smallest absolute Gasteiger partial charge is 0.175 e. The van der Waals surface area contributed by atoms with Crippen LogP contribution in [0.2, 0.25) is 0 Å². The fourth-order valence-corrected chi connectivity index (χ4v) is 5.48. The molecule has 2 saturated heterocycles. The molecular formula is C29H39N3O3. The van der Waals surface area contributed by atoms with Gasteiger partial charge >= 0.3 is 0 Å². The number of hydrogen-bond donors (Lipinski definition) is 0. The van der Waals surface area contributed by atoms with Crippen molar-refractivity contribution in [3.05, 3.63) is 59.3 Å². The molecule has 1 atom stereocenters. The molecular weight excluding hydrogens is 438 g/mol. The van der Waals surface area contributed by atoms with Crippen molar-refractivity contribution < 1.29 is 14.0 Å². The zero-order valence-electron chi connectivity index (χ0n) is 21.2. The summed E-state index contributed by atoms with van der Waals surface area (Å²) in [5.41, 5.74) is 4.18. The summed E-state index contributed by atoms with van der Waals surface area (Å²) in [6.07, 6.45) is 7.60. The van der Waals surface area contributed by atoms with E-state index in [4.69, 9.17) is 14.0 Å². The van der Waals surface area contributed by atoms with E-state index in [0.717, 1.165) is 65.6 Å². The van der Waals surface area contributed by atoms with E-state index in [0.29, 0.717) is 12.7 Å². The fourth-order valence-electron chi connectivity index (χ4n) is 5.48. The molecule has 0 aliphatic carbocycles. The first kappa shape index (κ1) is 24.3. The first-order chi connectivity index (χ1) is 17.2. The number of aryl methyl sites for hydroxylation is 1. The van der Waals surface area contributed by atoms with Crippen LogP contribution in [0.15, 0.2) is 47.0 Å². The summed E-state index contributed by atoms with van der Waals surface area (Å²) in [6, 6.07) is 14.5. The van der Waals surface area contributed by atoms with Gasteiger partial charge in [0.15, 0.2) is 5.58 Å². The molecule has 0 spiro atoms. The largest absolute Gasteiger partial charge is 0.488 e. The normalized spacial score (nSPS) is 19.7. The van der Waals surface area contributed by atoms with Crippen molar-refractivity contribution in [2.24, 2.45) is 5.92 Å². The lowest BCUT2D eigenvalue weighted by Crippen LogP contribution is -2.38. The number of benzene rings is 2. The number of ether oxygens (including phenoxy) is 2. The highest BCUT2D eigenvalue weighted by Crippen LogP contribution is 2.33. The van der Waals surface area contributed by atoms with Crippen LogP contribution in [0.5, 0.6) is 5.75 Å². The van der Waals surface area contributed by atoms with Gasteiger partial charge < -0.3 is 23.8 Å². The molecule has 0 amide bonds. The van der Waals surface area contributed by atoms with Crippen LogP contribution in [0.1, 0.15) is 48.9 Å². The van der Waals surface area contributed by atoms with E-state index in [2.05, 4.69) is 53.3 Å². The van der Waals surface area contributed by atoms with Crippen molar-refractivity contribution >= 4 is 11.0 Å². The van der Waals surface area contributed by atoms with Crippen LogP contribution in [0.25, 0.3) is 11.0 Å². The van der Waals surface area contributed by atoms with Crippen molar-refractivity contribution in [3.8, 4) is 5.75 Å². The predicted molar refractivity (Wildman–Crippen MR) is 139 cm³/mol. The van der Waals surface area contributed by atoms with E-state index in [9.17, 15) is 0 Å². The summed E-state index contributed by atoms with van der Waals surface area (Å²) in [5.74, 6) is 1.63. The molecule has 1 unspecified atom stereocenters. The summed E-state index contributed by atoms with van der Waals surface area (Å²) in [7, 11) is 4.14. The highest BCUT2D eigenvalue weighted by Gasteiger charge is 2.25. The third-order valence-corrected chi connectivity index (χ3v) is 7.47. The monoisotopic (exact) mass is 477 g/mol. The molecule has 6 nitrogen and oxygen atoms in total. The molecule has 0 bridgehead atoms. The summed E-state index contributed by atoms with van der Waals surface area (Å²) >= 11 is 0. The van der Waals surface area contributed by atoms with Crippen molar-refractivity contribution in [1.82, 2.24) is 15.0 Å². The first-order valence-electron chi connectivity index (χ1n) is 13.2. The average Bonchev–Trinajstić information content (AvgIpc) is 3.53. The minimum absolute atomic E-state index is 0.464. The van der Waals surface area contributed by atoms with Gasteiger partial charge in [-0.2, -0.15) is 0 Å². The topological polar surface area (TPSA) is 51.0 Å². The molecule has 2 aliphatic heterocycles. The van der Waals surface area contributed by atoms with Gasteiger partial charge in [-0.15, -0.1) is 0 Å². The minimum Gasteiger partial charge on any atom is -0.488 e. The molecule has 35 heavy (non-hydrogen) atoms. The summed E-state index contributed by atoms with van der Waals surface area (Å²) in [6.45, 7) is 5.74. The average molecular weight is 478 g/mol. The maximum absolute atomic E-state index is 6.23. The van der Waals surface area contributed by atoms with Crippen molar-refractivity contribution in [2.75, 3.05) is 40.3 Å². The quantitative estimate of drug-likeness (QED) is 0.395.